The van der Waals surface area contributed by atoms with Gasteiger partial charge in [0.15, 0.2) is 9.84 Å². The highest BCUT2D eigenvalue weighted by Gasteiger charge is 2.34. The number of hydrogen-bond donors (Lipinski definition) is 1. The van der Waals surface area contributed by atoms with Crippen molar-refractivity contribution in [3.05, 3.63) is 28.2 Å². The average molecular weight is 347 g/mol. The molecule has 1 aromatic carbocycles. The van der Waals surface area contributed by atoms with Crippen LogP contribution in [0.2, 0.25) is 0 Å². The lowest BCUT2D eigenvalue weighted by Gasteiger charge is -2.16. The first kappa shape index (κ1) is 14.5. The summed E-state index contributed by atoms with van der Waals surface area (Å²) in [6.45, 7) is 0. The molecule has 0 aliphatic heterocycles. The molecular formula is C13H15BrO4S. The first-order valence-corrected chi connectivity index (χ1v) is 8.68. The van der Waals surface area contributed by atoms with Crippen LogP contribution in [0.3, 0.4) is 0 Å². The molecule has 0 radical (unpaired) electrons. The van der Waals surface area contributed by atoms with Crippen LogP contribution in [0, 0.1) is 5.92 Å². The fourth-order valence-electron chi connectivity index (χ4n) is 2.26. The van der Waals surface area contributed by atoms with E-state index in [1.807, 2.05) is 6.07 Å². The van der Waals surface area contributed by atoms with E-state index in [1.54, 1.807) is 12.1 Å². The van der Waals surface area contributed by atoms with Crippen molar-refractivity contribution in [1.82, 2.24) is 0 Å². The number of sulfone groups is 1. The highest BCUT2D eigenvalue weighted by molar-refractivity contribution is 9.10. The molecule has 1 aliphatic rings. The second-order valence-corrected chi connectivity index (χ2v) is 7.97. The van der Waals surface area contributed by atoms with E-state index in [4.69, 9.17) is 5.11 Å². The van der Waals surface area contributed by atoms with Gasteiger partial charge in [-0.3, -0.25) is 4.79 Å². The first-order chi connectivity index (χ1) is 8.77. The van der Waals surface area contributed by atoms with Gasteiger partial charge in [-0.25, -0.2) is 8.42 Å². The Morgan fingerprint density at radius 1 is 1.42 bits per heavy atom. The maximum Gasteiger partial charge on any atom is 0.303 e. The molecule has 0 amide bonds. The quantitative estimate of drug-likeness (QED) is 0.889. The van der Waals surface area contributed by atoms with Crippen LogP contribution in [0.15, 0.2) is 27.6 Å². The third-order valence-electron chi connectivity index (χ3n) is 3.34. The van der Waals surface area contributed by atoms with Crippen LogP contribution in [0.25, 0.3) is 0 Å². The van der Waals surface area contributed by atoms with E-state index in [2.05, 4.69) is 15.9 Å². The second kappa shape index (κ2) is 5.25. The Kier molecular flexibility index (Phi) is 4.01. The van der Waals surface area contributed by atoms with Gasteiger partial charge in [-0.1, -0.05) is 15.9 Å². The average Bonchev–Trinajstić information content (AvgIpc) is 3.07. The van der Waals surface area contributed by atoms with Gasteiger partial charge in [0.05, 0.1) is 11.3 Å². The number of carbonyl (C=O) groups is 1. The predicted molar refractivity (Wildman–Crippen MR) is 75.0 cm³/mol. The van der Waals surface area contributed by atoms with E-state index in [0.717, 1.165) is 24.7 Å². The zero-order chi connectivity index (χ0) is 14.2. The van der Waals surface area contributed by atoms with Gasteiger partial charge >= 0.3 is 5.97 Å². The maximum atomic E-state index is 11.6. The Morgan fingerprint density at radius 2 is 2.05 bits per heavy atom. The number of hydrogen-bond acceptors (Lipinski definition) is 3. The lowest BCUT2D eigenvalue weighted by atomic mass is 9.91. The van der Waals surface area contributed by atoms with Crippen LogP contribution in [0.1, 0.15) is 30.7 Å². The molecule has 1 saturated carbocycles. The molecule has 1 fully saturated rings. The van der Waals surface area contributed by atoms with Gasteiger partial charge in [-0.15, -0.1) is 0 Å². The van der Waals surface area contributed by atoms with Crippen molar-refractivity contribution in [2.24, 2.45) is 5.92 Å². The zero-order valence-electron chi connectivity index (χ0n) is 10.5. The Hall–Kier alpha value is -0.880. The van der Waals surface area contributed by atoms with Crippen LogP contribution < -0.4 is 0 Å². The van der Waals surface area contributed by atoms with Crippen LogP contribution in [0.5, 0.6) is 0 Å². The second-order valence-electron chi connectivity index (χ2n) is 5.03. The molecular weight excluding hydrogens is 332 g/mol. The first-order valence-electron chi connectivity index (χ1n) is 5.99. The number of benzene rings is 1. The Morgan fingerprint density at radius 3 is 2.53 bits per heavy atom. The molecule has 0 aromatic heterocycles. The molecule has 0 saturated heterocycles. The predicted octanol–water partition coefficient (Wildman–Crippen LogP) is 2.82. The van der Waals surface area contributed by atoms with Crippen molar-refractivity contribution in [3.63, 3.8) is 0 Å². The molecule has 4 nitrogen and oxygen atoms in total. The SMILES string of the molecule is CS(=O)(=O)c1cc(Br)cc(C(CC(=O)O)C2CC2)c1. The fourth-order valence-corrected chi connectivity index (χ4v) is 3.61. The Bertz CT molecular complexity index is 605. The summed E-state index contributed by atoms with van der Waals surface area (Å²) in [5.74, 6) is -0.592. The molecule has 2 rings (SSSR count). The largest absolute Gasteiger partial charge is 0.481 e. The molecule has 0 bridgehead atoms. The molecule has 1 aromatic rings. The van der Waals surface area contributed by atoms with E-state index < -0.39 is 15.8 Å². The highest BCUT2D eigenvalue weighted by Crippen LogP contribution is 2.45. The number of carboxylic acid groups (broad SMARTS) is 1. The minimum atomic E-state index is -3.29. The lowest BCUT2D eigenvalue weighted by Crippen LogP contribution is -2.09. The highest BCUT2D eigenvalue weighted by atomic mass is 79.9. The van der Waals surface area contributed by atoms with Crippen molar-refractivity contribution in [3.8, 4) is 0 Å². The molecule has 1 aliphatic carbocycles. The van der Waals surface area contributed by atoms with E-state index >= 15 is 0 Å². The topological polar surface area (TPSA) is 71.4 Å². The van der Waals surface area contributed by atoms with Gasteiger partial charge in [-0.05, 0) is 48.4 Å². The van der Waals surface area contributed by atoms with Gasteiger partial charge < -0.3 is 5.11 Å². The van der Waals surface area contributed by atoms with Crippen molar-refractivity contribution in [2.75, 3.05) is 6.26 Å². The van der Waals surface area contributed by atoms with Crippen LogP contribution in [0.4, 0.5) is 0 Å². The normalized spacial score (nSPS) is 17.2. The Labute approximate surface area is 120 Å². The molecule has 1 N–H and O–H groups in total. The lowest BCUT2D eigenvalue weighted by molar-refractivity contribution is -0.137. The summed E-state index contributed by atoms with van der Waals surface area (Å²) in [5.41, 5.74) is 0.791. The Balaban J connectivity index is 2.42. The maximum absolute atomic E-state index is 11.6. The fraction of sp³-hybridized carbons (Fsp3) is 0.462. The van der Waals surface area contributed by atoms with E-state index in [9.17, 15) is 13.2 Å². The summed E-state index contributed by atoms with van der Waals surface area (Å²) >= 11 is 3.30. The summed E-state index contributed by atoms with van der Waals surface area (Å²) in [7, 11) is -3.29. The third-order valence-corrected chi connectivity index (χ3v) is 4.89. The van der Waals surface area contributed by atoms with Gasteiger partial charge in [-0.2, -0.15) is 0 Å². The van der Waals surface area contributed by atoms with Gasteiger partial charge in [0.25, 0.3) is 0 Å². The monoisotopic (exact) mass is 346 g/mol. The molecule has 104 valence electrons. The molecule has 19 heavy (non-hydrogen) atoms. The van der Waals surface area contributed by atoms with Crippen LogP contribution in [-0.2, 0) is 14.6 Å². The van der Waals surface area contributed by atoms with Gasteiger partial charge in [0.1, 0.15) is 0 Å². The number of carboxylic acids is 1. The third kappa shape index (κ3) is 3.79. The summed E-state index contributed by atoms with van der Waals surface area (Å²) < 4.78 is 23.9. The molecule has 0 heterocycles. The van der Waals surface area contributed by atoms with Gasteiger partial charge in [0.2, 0.25) is 0 Å². The smallest absolute Gasteiger partial charge is 0.303 e. The summed E-state index contributed by atoms with van der Waals surface area (Å²) in [5, 5.41) is 8.99. The van der Waals surface area contributed by atoms with Crippen LogP contribution >= 0.6 is 15.9 Å². The van der Waals surface area contributed by atoms with Crippen molar-refractivity contribution >= 4 is 31.7 Å². The standard InChI is InChI=1S/C13H15BrO4S/c1-19(17,18)11-5-9(4-10(14)6-11)12(7-13(15)16)8-2-3-8/h4-6,8,12H,2-3,7H2,1H3,(H,15,16). The minimum Gasteiger partial charge on any atom is -0.481 e. The summed E-state index contributed by atoms with van der Waals surface area (Å²) in [6.07, 6.45) is 3.23. The number of halogens is 1. The van der Waals surface area contributed by atoms with E-state index in [1.165, 1.54) is 0 Å². The number of rotatable bonds is 5. The number of aliphatic carboxylic acids is 1. The van der Waals surface area contributed by atoms with E-state index in [-0.39, 0.29) is 17.2 Å². The molecule has 1 atom stereocenters. The molecule has 0 spiro atoms. The molecule has 6 heteroatoms. The van der Waals surface area contributed by atoms with Gasteiger partial charge in [0, 0.05) is 10.7 Å². The zero-order valence-corrected chi connectivity index (χ0v) is 12.9. The summed E-state index contributed by atoms with van der Waals surface area (Å²) in [4.78, 5) is 11.2. The van der Waals surface area contributed by atoms with Crippen LogP contribution in [-0.4, -0.2) is 25.7 Å². The minimum absolute atomic E-state index is 0.0460. The summed E-state index contributed by atoms with van der Waals surface area (Å²) in [6, 6.07) is 4.97. The van der Waals surface area contributed by atoms with Crippen molar-refractivity contribution < 1.29 is 18.3 Å². The van der Waals surface area contributed by atoms with Crippen molar-refractivity contribution in [2.45, 2.75) is 30.1 Å². The van der Waals surface area contributed by atoms with E-state index in [0.29, 0.717) is 10.4 Å². The molecule has 1 unspecified atom stereocenters. The van der Waals surface area contributed by atoms with Crippen molar-refractivity contribution in [1.29, 1.82) is 0 Å².